The molecular formula is C23H22N4O2. The van der Waals surface area contributed by atoms with Gasteiger partial charge in [-0.2, -0.15) is 0 Å². The number of nitrogens with zero attached hydrogens (tertiary/aromatic N) is 3. The molecule has 0 saturated heterocycles. The number of carbonyl (C=O) groups excluding carboxylic acids is 1. The Balaban J connectivity index is 1.85. The van der Waals surface area contributed by atoms with Crippen molar-refractivity contribution in [3.63, 3.8) is 0 Å². The van der Waals surface area contributed by atoms with Crippen molar-refractivity contribution in [3.05, 3.63) is 90.0 Å². The Morgan fingerprint density at radius 1 is 1.10 bits per heavy atom. The van der Waals surface area contributed by atoms with E-state index in [0.717, 1.165) is 22.3 Å². The Labute approximate surface area is 170 Å². The monoisotopic (exact) mass is 386 g/mol. The van der Waals surface area contributed by atoms with Crippen LogP contribution in [0.15, 0.2) is 67.8 Å². The van der Waals surface area contributed by atoms with E-state index in [2.05, 4.69) is 26.8 Å². The summed E-state index contributed by atoms with van der Waals surface area (Å²) < 4.78 is 5.42. The fraction of sp³-hybridized carbons (Fsp3) is 0.130. The number of amides is 1. The third kappa shape index (κ3) is 4.55. The van der Waals surface area contributed by atoms with E-state index in [1.807, 2.05) is 32.0 Å². The lowest BCUT2D eigenvalue weighted by atomic mass is 10.0. The first-order valence-corrected chi connectivity index (χ1v) is 9.05. The van der Waals surface area contributed by atoms with Gasteiger partial charge in [-0.15, -0.1) is 0 Å². The summed E-state index contributed by atoms with van der Waals surface area (Å²) in [6.45, 7) is 7.56. The molecule has 1 amide bonds. The molecule has 2 aromatic heterocycles. The van der Waals surface area contributed by atoms with Crippen molar-refractivity contribution in [3.8, 4) is 11.3 Å². The number of allylic oxidation sites excluding steroid dienone is 2. The number of aryl methyl sites for hydroxylation is 2. The topological polar surface area (TPSA) is 77.0 Å². The Bertz CT molecular complexity index is 1070. The van der Waals surface area contributed by atoms with Crippen molar-refractivity contribution in [1.82, 2.24) is 15.0 Å². The van der Waals surface area contributed by atoms with Crippen molar-refractivity contribution < 1.29 is 9.53 Å². The molecule has 0 fully saturated rings. The summed E-state index contributed by atoms with van der Waals surface area (Å²) in [5.41, 5.74) is 4.96. The Morgan fingerprint density at radius 3 is 2.59 bits per heavy atom. The number of nitrogens with one attached hydrogen (secondary N) is 1. The summed E-state index contributed by atoms with van der Waals surface area (Å²) in [7, 11) is 1.62. The first-order valence-electron chi connectivity index (χ1n) is 9.05. The average Bonchev–Trinajstić information content (AvgIpc) is 2.73. The van der Waals surface area contributed by atoms with Crippen LogP contribution in [0.5, 0.6) is 0 Å². The lowest BCUT2D eigenvalue weighted by Crippen LogP contribution is -2.14. The van der Waals surface area contributed by atoms with Crippen LogP contribution >= 0.6 is 0 Å². The summed E-state index contributed by atoms with van der Waals surface area (Å²) in [4.78, 5) is 25.3. The third-order valence-corrected chi connectivity index (χ3v) is 4.45. The van der Waals surface area contributed by atoms with Gasteiger partial charge in [0, 0.05) is 29.1 Å². The molecule has 0 aliphatic heterocycles. The Kier molecular flexibility index (Phi) is 6.14. The van der Waals surface area contributed by atoms with Crippen molar-refractivity contribution in [2.24, 2.45) is 0 Å². The van der Waals surface area contributed by atoms with Gasteiger partial charge in [0.2, 0.25) is 0 Å². The fourth-order valence-electron chi connectivity index (χ4n) is 2.88. The van der Waals surface area contributed by atoms with Crippen LogP contribution < -0.4 is 5.32 Å². The maximum Gasteiger partial charge on any atom is 0.257 e. The maximum absolute atomic E-state index is 12.4. The van der Waals surface area contributed by atoms with E-state index in [1.54, 1.807) is 50.1 Å². The van der Waals surface area contributed by atoms with E-state index < -0.39 is 0 Å². The van der Waals surface area contributed by atoms with Crippen LogP contribution in [0.4, 0.5) is 5.82 Å². The second-order valence-electron chi connectivity index (χ2n) is 6.43. The lowest BCUT2D eigenvalue weighted by Gasteiger charge is -2.11. The third-order valence-electron chi connectivity index (χ3n) is 4.45. The number of methoxy groups -OCH3 is 1. The minimum Gasteiger partial charge on any atom is -0.496 e. The molecule has 0 unspecified atom stereocenters. The SMILES string of the molecule is C=C/C=C(\OC)c1ccc(C)c(-c2cnc(NC(=O)c3ccncc3C)cn2)c1. The smallest absolute Gasteiger partial charge is 0.257 e. The lowest BCUT2D eigenvalue weighted by molar-refractivity contribution is 0.102. The number of hydrogen-bond donors (Lipinski definition) is 1. The van der Waals surface area contributed by atoms with Gasteiger partial charge in [0.25, 0.3) is 5.91 Å². The van der Waals surface area contributed by atoms with Crippen molar-refractivity contribution in [1.29, 1.82) is 0 Å². The molecule has 1 aromatic carbocycles. The fourth-order valence-corrected chi connectivity index (χ4v) is 2.88. The molecule has 1 N–H and O–H groups in total. The highest BCUT2D eigenvalue weighted by molar-refractivity contribution is 6.04. The number of anilines is 1. The van der Waals surface area contributed by atoms with Crippen LogP contribution in [0.1, 0.15) is 27.0 Å². The van der Waals surface area contributed by atoms with Crippen LogP contribution in [0.25, 0.3) is 17.0 Å². The van der Waals surface area contributed by atoms with E-state index in [9.17, 15) is 4.79 Å². The zero-order valence-corrected chi connectivity index (χ0v) is 16.6. The van der Waals surface area contributed by atoms with Gasteiger partial charge in [-0.05, 0) is 43.2 Å². The Hall–Kier alpha value is -3.80. The van der Waals surface area contributed by atoms with Gasteiger partial charge in [0.15, 0.2) is 5.82 Å². The van der Waals surface area contributed by atoms with Gasteiger partial charge in [-0.3, -0.25) is 14.8 Å². The van der Waals surface area contributed by atoms with E-state index in [4.69, 9.17) is 4.74 Å². The highest BCUT2D eigenvalue weighted by Crippen LogP contribution is 2.26. The Morgan fingerprint density at radius 2 is 1.93 bits per heavy atom. The van der Waals surface area contributed by atoms with Crippen LogP contribution in [0.3, 0.4) is 0 Å². The average molecular weight is 386 g/mol. The molecular weight excluding hydrogens is 364 g/mol. The number of rotatable bonds is 6. The van der Waals surface area contributed by atoms with Crippen molar-refractivity contribution >= 4 is 17.5 Å². The number of pyridine rings is 1. The van der Waals surface area contributed by atoms with Gasteiger partial charge in [-0.25, -0.2) is 4.98 Å². The molecule has 2 heterocycles. The van der Waals surface area contributed by atoms with Crippen molar-refractivity contribution in [2.75, 3.05) is 12.4 Å². The van der Waals surface area contributed by atoms with Crippen LogP contribution in [0, 0.1) is 13.8 Å². The molecule has 0 spiro atoms. The van der Waals surface area contributed by atoms with Crippen LogP contribution in [-0.4, -0.2) is 28.0 Å². The molecule has 0 saturated carbocycles. The molecule has 3 aromatic rings. The minimum atomic E-state index is -0.246. The molecule has 0 aliphatic rings. The number of hydrogen-bond acceptors (Lipinski definition) is 5. The first kappa shape index (κ1) is 19.9. The highest BCUT2D eigenvalue weighted by Gasteiger charge is 2.12. The summed E-state index contributed by atoms with van der Waals surface area (Å²) in [6, 6.07) is 7.66. The largest absolute Gasteiger partial charge is 0.496 e. The summed E-state index contributed by atoms with van der Waals surface area (Å²) in [5.74, 6) is 0.850. The molecule has 146 valence electrons. The first-order chi connectivity index (χ1) is 14.0. The van der Waals surface area contributed by atoms with E-state index in [1.165, 1.54) is 0 Å². The zero-order chi connectivity index (χ0) is 20.8. The normalized spacial score (nSPS) is 11.1. The zero-order valence-electron chi connectivity index (χ0n) is 16.6. The molecule has 0 atom stereocenters. The highest BCUT2D eigenvalue weighted by atomic mass is 16.5. The van der Waals surface area contributed by atoms with Crippen molar-refractivity contribution in [2.45, 2.75) is 13.8 Å². The quantitative estimate of drug-likeness (QED) is 0.496. The van der Waals surface area contributed by atoms with E-state index in [0.29, 0.717) is 22.8 Å². The van der Waals surface area contributed by atoms with Gasteiger partial charge >= 0.3 is 0 Å². The molecule has 0 radical (unpaired) electrons. The summed E-state index contributed by atoms with van der Waals surface area (Å²) in [6.07, 6.45) is 9.91. The predicted octanol–water partition coefficient (Wildman–Crippen LogP) is 4.58. The standard InChI is InChI=1S/C23H22N4O2/c1-5-6-21(29-4)17-8-7-15(2)19(11-17)20-13-26-22(14-25-20)27-23(28)18-9-10-24-12-16(18)3/h5-14H,1H2,2-4H3,(H,26,27,28)/b21-6-. The van der Waals surface area contributed by atoms with Gasteiger partial charge in [0.1, 0.15) is 5.76 Å². The van der Waals surface area contributed by atoms with Crippen LogP contribution in [-0.2, 0) is 4.74 Å². The second-order valence-corrected chi connectivity index (χ2v) is 6.43. The predicted molar refractivity (Wildman–Crippen MR) is 114 cm³/mol. The maximum atomic E-state index is 12.4. The number of benzene rings is 1. The molecule has 0 bridgehead atoms. The molecule has 29 heavy (non-hydrogen) atoms. The molecule has 0 aliphatic carbocycles. The van der Waals surface area contributed by atoms with Crippen LogP contribution in [0.2, 0.25) is 0 Å². The molecule has 6 heteroatoms. The summed E-state index contributed by atoms with van der Waals surface area (Å²) >= 11 is 0. The number of aromatic nitrogens is 3. The number of carbonyl (C=O) groups is 1. The van der Waals surface area contributed by atoms with E-state index >= 15 is 0 Å². The minimum absolute atomic E-state index is 0.246. The molecule has 6 nitrogen and oxygen atoms in total. The number of ether oxygens (including phenoxy) is 1. The molecule has 3 rings (SSSR count). The summed E-state index contributed by atoms with van der Waals surface area (Å²) in [5, 5.41) is 2.77. The van der Waals surface area contributed by atoms with E-state index in [-0.39, 0.29) is 5.91 Å². The van der Waals surface area contributed by atoms with Gasteiger partial charge < -0.3 is 10.1 Å². The van der Waals surface area contributed by atoms with Gasteiger partial charge in [-0.1, -0.05) is 24.8 Å². The van der Waals surface area contributed by atoms with Gasteiger partial charge in [0.05, 0.1) is 25.2 Å². The second kappa shape index (κ2) is 8.93.